The summed E-state index contributed by atoms with van der Waals surface area (Å²) in [7, 11) is -11.4. The molecule has 468 valence electrons. The summed E-state index contributed by atoms with van der Waals surface area (Å²) < 4.78 is 59.0. The minimum absolute atomic E-state index is 0.0210. The first kappa shape index (κ1) is 72.3. The molecule has 3 heterocycles. The van der Waals surface area contributed by atoms with Crippen LogP contribution >= 0.6 is 15.6 Å². The van der Waals surface area contributed by atoms with Gasteiger partial charge in [-0.1, -0.05) is 174 Å². The number of phosphoric acid groups is 2. The smallest absolute Gasteiger partial charge is 0.462 e. The van der Waals surface area contributed by atoms with Gasteiger partial charge in [-0.3, -0.25) is 28.0 Å². The van der Waals surface area contributed by atoms with Crippen molar-refractivity contribution in [2.75, 3.05) is 25.6 Å². The van der Waals surface area contributed by atoms with Crippen LogP contribution in [0.4, 0.5) is 5.82 Å². The van der Waals surface area contributed by atoms with E-state index in [1.54, 1.807) is 0 Å². The van der Waals surface area contributed by atoms with Crippen LogP contribution in [-0.4, -0.2) is 125 Å². The lowest BCUT2D eigenvalue weighted by Gasteiger charge is -2.40. The number of nitrogens with two attached hydrogens (primary N) is 1. The quantitative estimate of drug-likeness (QED) is 0.0154. The van der Waals surface area contributed by atoms with Crippen molar-refractivity contribution in [2.24, 2.45) is 17.8 Å². The Morgan fingerprint density at radius 1 is 0.765 bits per heavy atom. The molecule has 2 aliphatic heterocycles. The van der Waals surface area contributed by atoms with E-state index in [1.165, 1.54) is 108 Å². The number of ketones is 1. The summed E-state index contributed by atoms with van der Waals surface area (Å²) >= 11 is 0. The molecule has 22 nitrogen and oxygen atoms in total. The van der Waals surface area contributed by atoms with Gasteiger partial charge in [-0.2, -0.15) is 9.29 Å². The maximum Gasteiger partial charge on any atom is 0.481 e. The Balaban J connectivity index is 1.65. The molecular formula is C57H101N3O19P2. The molecule has 13 atom stereocenters. The average Bonchev–Trinajstić information content (AvgIpc) is 3.42. The van der Waals surface area contributed by atoms with E-state index in [0.29, 0.717) is 19.3 Å². The van der Waals surface area contributed by atoms with Crippen molar-refractivity contribution >= 4 is 39.2 Å². The predicted molar refractivity (Wildman–Crippen MR) is 305 cm³/mol. The van der Waals surface area contributed by atoms with Crippen molar-refractivity contribution < 1.29 is 86.4 Å². The van der Waals surface area contributed by atoms with Crippen LogP contribution < -0.4 is 11.4 Å². The van der Waals surface area contributed by atoms with Crippen molar-refractivity contribution in [1.82, 2.24) is 9.55 Å². The lowest BCUT2D eigenvalue weighted by Crippen LogP contribution is -2.52. The van der Waals surface area contributed by atoms with Crippen molar-refractivity contribution in [2.45, 2.75) is 269 Å². The molecule has 2 saturated heterocycles. The largest absolute Gasteiger partial charge is 0.481 e. The van der Waals surface area contributed by atoms with E-state index in [9.17, 15) is 63.6 Å². The lowest BCUT2D eigenvalue weighted by atomic mass is 9.82. The van der Waals surface area contributed by atoms with Gasteiger partial charge in [-0.15, -0.1) is 0 Å². The number of ether oxygens (including phenoxy) is 3. The first-order valence-corrected chi connectivity index (χ1v) is 33.3. The number of Topliss-reactive ketones (excluding diaryl/α,β-unsaturated/α-hetero) is 1. The second kappa shape index (κ2) is 40.4. The molecular weight excluding hydrogens is 1090 g/mol. The van der Waals surface area contributed by atoms with E-state index in [4.69, 9.17) is 29.0 Å². The van der Waals surface area contributed by atoms with E-state index in [1.807, 2.05) is 6.92 Å². The van der Waals surface area contributed by atoms with E-state index in [2.05, 4.69) is 23.1 Å². The van der Waals surface area contributed by atoms with Crippen LogP contribution in [0.2, 0.25) is 0 Å². The van der Waals surface area contributed by atoms with Gasteiger partial charge in [-0.25, -0.2) is 13.9 Å². The average molecular weight is 1190 g/mol. The van der Waals surface area contributed by atoms with E-state index in [-0.39, 0.29) is 37.9 Å². The predicted octanol–water partition coefficient (Wildman–Crippen LogP) is 9.37. The number of phosphoric ester groups is 2. The number of aromatic nitrogens is 2. The van der Waals surface area contributed by atoms with Gasteiger partial charge < -0.3 is 55.3 Å². The lowest BCUT2D eigenvalue weighted by molar-refractivity contribution is -0.196. The number of cyclic esters (lactones) is 1. The Morgan fingerprint density at radius 3 is 1.90 bits per heavy atom. The highest BCUT2D eigenvalue weighted by atomic mass is 31.3. The zero-order chi connectivity index (χ0) is 59.6. The van der Waals surface area contributed by atoms with Gasteiger partial charge in [-0.05, 0) is 37.7 Å². The molecule has 0 amide bonds. The third-order valence-electron chi connectivity index (χ3n) is 15.3. The van der Waals surface area contributed by atoms with Crippen molar-refractivity contribution in [3.05, 3.63) is 34.9 Å². The Morgan fingerprint density at radius 2 is 1.32 bits per heavy atom. The maximum absolute atomic E-state index is 13.8. The zero-order valence-electron chi connectivity index (χ0n) is 48.6. The number of fused-ring (bicyclic) bond motifs is 3. The standard InChI is InChI=1S/C57H101N3O19P2/c1-4-6-23-29-43(61)33-34-46-48(63)38-49(64)47-37-44(62)30-26-27-31-52(65)74-39-45(77-53(66)32-25-22-20-18-16-14-12-10-8-7-9-11-13-15-17-19-21-24-28-42(3)5-2)40-75-80(70,71)79-81(72,73)76-41-50(55(68)54(46)67)78-56(47)60-36-35-51(58)59-57(60)69/h33-36,42-43,45-50,54-56,61,63-64,67-68H,4-32,37-41H2,1-3H3,(H,70,71)(H,72,73)(H2,58,59,69)/b34-33+/t42?,43-,45+,46-,47-,48+,49-,50+,54-,55+,56+/m0/s1. The topological polar surface area (TPSA) is 343 Å². The second-order valence-electron chi connectivity index (χ2n) is 22.4. The second-order valence-corrected chi connectivity index (χ2v) is 25.5. The molecule has 9 N–H and O–H groups in total. The first-order chi connectivity index (χ1) is 38.6. The Labute approximate surface area is 480 Å². The molecule has 2 bridgehead atoms. The van der Waals surface area contributed by atoms with Gasteiger partial charge >= 0.3 is 33.3 Å². The Hall–Kier alpha value is -2.95. The van der Waals surface area contributed by atoms with Gasteiger partial charge in [0.05, 0.1) is 37.6 Å². The van der Waals surface area contributed by atoms with Crippen LogP contribution in [0, 0.1) is 17.8 Å². The highest BCUT2D eigenvalue weighted by molar-refractivity contribution is 7.61. The fraction of sp³-hybridized carbons (Fsp3) is 0.842. The molecule has 0 spiro atoms. The van der Waals surface area contributed by atoms with E-state index < -0.39 is 133 Å². The van der Waals surface area contributed by atoms with Crippen LogP contribution in [0.1, 0.15) is 226 Å². The number of esters is 2. The van der Waals surface area contributed by atoms with E-state index in [0.717, 1.165) is 61.6 Å². The first-order valence-electron chi connectivity index (χ1n) is 30.3. The van der Waals surface area contributed by atoms with Crippen LogP contribution in [0.5, 0.6) is 0 Å². The molecule has 3 rings (SSSR count). The molecule has 1 aromatic heterocycles. The Bertz CT molecular complexity index is 2120. The number of nitrogens with zero attached hydrogens (tertiary/aromatic N) is 2. The fourth-order valence-corrected chi connectivity index (χ4v) is 12.3. The van der Waals surface area contributed by atoms with Gasteiger partial charge in [0.1, 0.15) is 36.6 Å². The number of hydrogen-bond donors (Lipinski definition) is 8. The summed E-state index contributed by atoms with van der Waals surface area (Å²) in [5.74, 6) is -4.31. The molecule has 1 aromatic rings. The van der Waals surface area contributed by atoms with Crippen LogP contribution in [0.3, 0.4) is 0 Å². The van der Waals surface area contributed by atoms with Crippen LogP contribution in [0.25, 0.3) is 0 Å². The number of nitrogen functional groups attached to an aromatic ring is 1. The molecule has 0 aliphatic carbocycles. The summed E-state index contributed by atoms with van der Waals surface area (Å²) in [4.78, 5) is 78.3. The summed E-state index contributed by atoms with van der Waals surface area (Å²) in [6, 6.07) is 1.18. The zero-order valence-corrected chi connectivity index (χ0v) is 50.4. The number of carbonyl (C=O) groups is 3. The third kappa shape index (κ3) is 30.6. The van der Waals surface area contributed by atoms with Crippen molar-refractivity contribution in [3.63, 3.8) is 0 Å². The van der Waals surface area contributed by atoms with Gasteiger partial charge in [0.15, 0.2) is 6.10 Å². The highest BCUT2D eigenvalue weighted by Crippen LogP contribution is 2.60. The minimum atomic E-state index is -5.76. The molecule has 3 unspecified atom stereocenters. The number of aliphatic hydroxyl groups excluding tert-OH is 5. The van der Waals surface area contributed by atoms with Crippen molar-refractivity contribution in [3.8, 4) is 0 Å². The summed E-state index contributed by atoms with van der Waals surface area (Å²) in [6.07, 6.45) is 14.8. The Kier molecular flexibility index (Phi) is 36.0. The number of unbranched alkanes of at least 4 members (excludes halogenated alkanes) is 19. The molecule has 0 radical (unpaired) electrons. The molecule has 24 heteroatoms. The summed E-state index contributed by atoms with van der Waals surface area (Å²) in [5.41, 5.74) is 4.68. The number of carbonyl (C=O) groups excluding carboxylic acids is 3. The third-order valence-corrected chi connectivity index (χ3v) is 17.9. The van der Waals surface area contributed by atoms with Crippen LogP contribution in [0.15, 0.2) is 29.2 Å². The fourth-order valence-electron chi connectivity index (χ4n) is 10.2. The maximum atomic E-state index is 13.8. The molecule has 2 aliphatic rings. The van der Waals surface area contributed by atoms with Crippen molar-refractivity contribution in [1.29, 1.82) is 0 Å². The monoisotopic (exact) mass is 1190 g/mol. The molecule has 81 heavy (non-hydrogen) atoms. The molecule has 0 aromatic carbocycles. The van der Waals surface area contributed by atoms with Gasteiger partial charge in [0.2, 0.25) is 0 Å². The minimum Gasteiger partial charge on any atom is -0.462 e. The number of aliphatic hydroxyl groups is 5. The van der Waals surface area contributed by atoms with E-state index >= 15 is 0 Å². The van der Waals surface area contributed by atoms with Gasteiger partial charge in [0, 0.05) is 50.1 Å². The number of anilines is 1. The normalized spacial score (nSPS) is 28.9. The molecule has 0 saturated carbocycles. The number of rotatable bonds is 30. The summed E-state index contributed by atoms with van der Waals surface area (Å²) in [5, 5.41) is 57.6. The number of hydrogen-bond acceptors (Lipinski definition) is 19. The highest BCUT2D eigenvalue weighted by Gasteiger charge is 2.45. The SMILES string of the molecule is CCCCC[C@H](O)/C=C/[C@@H]1[C@H](O)[C@H](O)[C@H]2COP(=O)(O)OP(=O)(O)OC[C@H](OC(=O)CCCCCCCCCCCCCCCCCCCCC(C)CC)COC(=O)CCCCC(=O)C[C@H]([C@H](n3ccc(N)nc3=O)O2)[C@@H](O)C[C@H]1O. The summed E-state index contributed by atoms with van der Waals surface area (Å²) in [6.45, 7) is 3.72. The van der Waals surface area contributed by atoms with Crippen LogP contribution in [-0.2, 0) is 51.1 Å². The molecule has 2 fully saturated rings. The van der Waals surface area contributed by atoms with Gasteiger partial charge in [0.25, 0.3) is 0 Å².